The highest BCUT2D eigenvalue weighted by atomic mass is 16.5. The van der Waals surface area contributed by atoms with Gasteiger partial charge in [-0.3, -0.25) is 0 Å². The topological polar surface area (TPSA) is 35.0 Å². The molecule has 0 aliphatic heterocycles. The summed E-state index contributed by atoms with van der Waals surface area (Å²) in [7, 11) is 0. The summed E-state index contributed by atoms with van der Waals surface area (Å²) >= 11 is 0. The first-order valence-electron chi connectivity index (χ1n) is 5.36. The fourth-order valence-electron chi connectivity index (χ4n) is 1.72. The molecule has 1 heterocycles. The normalized spacial score (nSPS) is 10.4. The Morgan fingerprint density at radius 3 is 2.41 bits per heavy atom. The minimum Gasteiger partial charge on any atom is -0.424 e. The molecule has 0 saturated carbocycles. The molecule has 0 amide bonds. The van der Waals surface area contributed by atoms with Crippen LogP contribution >= 0.6 is 0 Å². The van der Waals surface area contributed by atoms with Crippen LogP contribution in [0.5, 0.6) is 11.8 Å². The highest BCUT2D eigenvalue weighted by molar-refractivity contribution is 5.88. The number of aromatic nitrogens is 2. The lowest BCUT2D eigenvalue weighted by molar-refractivity contribution is 0.446. The second-order valence-corrected chi connectivity index (χ2v) is 3.61. The zero-order valence-electron chi connectivity index (χ0n) is 9.08. The Kier molecular flexibility index (Phi) is 2.43. The summed E-state index contributed by atoms with van der Waals surface area (Å²) in [6.45, 7) is 0. The number of benzene rings is 2. The summed E-state index contributed by atoms with van der Waals surface area (Å²) in [5, 5.41) is 2.20. The molecule has 3 heteroatoms. The third-order valence-corrected chi connectivity index (χ3v) is 2.49. The molecule has 0 radical (unpaired) electrons. The van der Waals surface area contributed by atoms with E-state index in [0.717, 1.165) is 16.5 Å². The third kappa shape index (κ3) is 1.95. The van der Waals surface area contributed by atoms with Crippen LogP contribution in [0.15, 0.2) is 60.9 Å². The number of fused-ring (bicyclic) bond motifs is 1. The van der Waals surface area contributed by atoms with Crippen molar-refractivity contribution in [1.82, 2.24) is 9.97 Å². The molecule has 0 aliphatic carbocycles. The summed E-state index contributed by atoms with van der Waals surface area (Å²) < 4.78 is 5.67. The van der Waals surface area contributed by atoms with E-state index in [1.165, 1.54) is 0 Å². The molecule has 3 rings (SSSR count). The Morgan fingerprint density at radius 2 is 1.53 bits per heavy atom. The van der Waals surface area contributed by atoms with Crippen molar-refractivity contribution in [3.63, 3.8) is 0 Å². The molecule has 0 saturated heterocycles. The number of nitrogens with zero attached hydrogens (tertiary/aromatic N) is 2. The van der Waals surface area contributed by atoms with E-state index in [2.05, 4.69) is 9.97 Å². The van der Waals surface area contributed by atoms with Gasteiger partial charge >= 0.3 is 6.01 Å². The molecule has 17 heavy (non-hydrogen) atoms. The van der Waals surface area contributed by atoms with Crippen LogP contribution in [0.2, 0.25) is 0 Å². The van der Waals surface area contributed by atoms with Gasteiger partial charge < -0.3 is 4.74 Å². The van der Waals surface area contributed by atoms with Gasteiger partial charge in [0.1, 0.15) is 5.75 Å². The van der Waals surface area contributed by atoms with E-state index in [4.69, 9.17) is 4.74 Å². The number of rotatable bonds is 2. The van der Waals surface area contributed by atoms with Crippen LogP contribution in [0.4, 0.5) is 0 Å². The maximum Gasteiger partial charge on any atom is 0.321 e. The van der Waals surface area contributed by atoms with E-state index in [-0.39, 0.29) is 0 Å². The Labute approximate surface area is 98.7 Å². The van der Waals surface area contributed by atoms with Gasteiger partial charge in [0.2, 0.25) is 0 Å². The molecule has 1 aromatic heterocycles. The van der Waals surface area contributed by atoms with Crippen LogP contribution in [0.3, 0.4) is 0 Å². The Bertz CT molecular complexity index is 633. The summed E-state index contributed by atoms with van der Waals surface area (Å²) in [5.41, 5.74) is 0. The van der Waals surface area contributed by atoms with Crippen LogP contribution in [0, 0.1) is 0 Å². The molecule has 0 spiro atoms. The fraction of sp³-hybridized carbons (Fsp3) is 0. The van der Waals surface area contributed by atoms with Gasteiger partial charge in [0, 0.05) is 17.8 Å². The Morgan fingerprint density at radius 1 is 0.765 bits per heavy atom. The molecular weight excluding hydrogens is 212 g/mol. The zero-order chi connectivity index (χ0) is 11.5. The smallest absolute Gasteiger partial charge is 0.321 e. The minimum absolute atomic E-state index is 0.365. The molecule has 0 bridgehead atoms. The van der Waals surface area contributed by atoms with Gasteiger partial charge in [0.15, 0.2) is 0 Å². The Balaban J connectivity index is 2.06. The van der Waals surface area contributed by atoms with E-state index < -0.39 is 0 Å². The maximum atomic E-state index is 5.67. The second-order valence-electron chi connectivity index (χ2n) is 3.61. The molecule has 0 unspecified atom stereocenters. The molecule has 0 aliphatic rings. The van der Waals surface area contributed by atoms with Crippen LogP contribution in [-0.4, -0.2) is 9.97 Å². The van der Waals surface area contributed by atoms with E-state index in [1.807, 2.05) is 42.5 Å². The van der Waals surface area contributed by atoms with Crippen LogP contribution in [-0.2, 0) is 0 Å². The average Bonchev–Trinajstić information content (AvgIpc) is 2.40. The molecule has 0 atom stereocenters. The molecular formula is C14H10N2O. The fourth-order valence-corrected chi connectivity index (χ4v) is 1.72. The van der Waals surface area contributed by atoms with Gasteiger partial charge in [-0.2, -0.15) is 0 Å². The van der Waals surface area contributed by atoms with E-state index >= 15 is 0 Å². The lowest BCUT2D eigenvalue weighted by atomic mass is 10.1. The first-order valence-corrected chi connectivity index (χ1v) is 5.36. The third-order valence-electron chi connectivity index (χ3n) is 2.49. The van der Waals surface area contributed by atoms with E-state index in [1.54, 1.807) is 18.5 Å². The van der Waals surface area contributed by atoms with Crippen molar-refractivity contribution in [2.24, 2.45) is 0 Å². The van der Waals surface area contributed by atoms with Gasteiger partial charge in [0.25, 0.3) is 0 Å². The monoisotopic (exact) mass is 222 g/mol. The number of hydrogen-bond acceptors (Lipinski definition) is 3. The maximum absolute atomic E-state index is 5.67. The van der Waals surface area contributed by atoms with Gasteiger partial charge in [0.05, 0.1) is 0 Å². The first kappa shape index (κ1) is 9.78. The predicted molar refractivity (Wildman–Crippen MR) is 66.1 cm³/mol. The van der Waals surface area contributed by atoms with Crippen LogP contribution < -0.4 is 4.74 Å². The quantitative estimate of drug-likeness (QED) is 0.666. The molecule has 0 fully saturated rings. The van der Waals surface area contributed by atoms with E-state index in [0.29, 0.717) is 6.01 Å². The summed E-state index contributed by atoms with van der Waals surface area (Å²) in [6, 6.07) is 16.1. The summed E-state index contributed by atoms with van der Waals surface area (Å²) in [5.74, 6) is 0.773. The Hall–Kier alpha value is -2.42. The molecule has 3 aromatic rings. The highest BCUT2D eigenvalue weighted by Crippen LogP contribution is 2.27. The van der Waals surface area contributed by atoms with Gasteiger partial charge in [-0.15, -0.1) is 0 Å². The van der Waals surface area contributed by atoms with E-state index in [9.17, 15) is 0 Å². The second kappa shape index (κ2) is 4.22. The molecule has 82 valence electrons. The predicted octanol–water partition coefficient (Wildman–Crippen LogP) is 3.42. The average molecular weight is 222 g/mol. The van der Waals surface area contributed by atoms with Crippen molar-refractivity contribution in [2.45, 2.75) is 0 Å². The van der Waals surface area contributed by atoms with Gasteiger partial charge in [-0.05, 0) is 17.5 Å². The van der Waals surface area contributed by atoms with Crippen molar-refractivity contribution >= 4 is 10.8 Å². The van der Waals surface area contributed by atoms with Crippen molar-refractivity contribution in [1.29, 1.82) is 0 Å². The SMILES string of the molecule is c1cnc(Oc2cccc3ccccc23)nc1. The number of hydrogen-bond donors (Lipinski definition) is 0. The van der Waals surface area contributed by atoms with Gasteiger partial charge in [-0.1, -0.05) is 36.4 Å². The highest BCUT2D eigenvalue weighted by Gasteiger charge is 2.03. The van der Waals surface area contributed by atoms with Crippen molar-refractivity contribution in [2.75, 3.05) is 0 Å². The minimum atomic E-state index is 0.365. The van der Waals surface area contributed by atoms with Crippen LogP contribution in [0.1, 0.15) is 0 Å². The van der Waals surface area contributed by atoms with Crippen molar-refractivity contribution in [3.8, 4) is 11.8 Å². The lowest BCUT2D eigenvalue weighted by Crippen LogP contribution is -1.90. The lowest BCUT2D eigenvalue weighted by Gasteiger charge is -2.06. The van der Waals surface area contributed by atoms with Crippen molar-refractivity contribution < 1.29 is 4.74 Å². The molecule has 0 N–H and O–H groups in total. The van der Waals surface area contributed by atoms with Crippen molar-refractivity contribution in [3.05, 3.63) is 60.9 Å². The molecule has 3 nitrogen and oxygen atoms in total. The summed E-state index contributed by atoms with van der Waals surface area (Å²) in [6.07, 6.45) is 3.32. The number of ether oxygens (including phenoxy) is 1. The van der Waals surface area contributed by atoms with Gasteiger partial charge in [-0.25, -0.2) is 9.97 Å². The zero-order valence-corrected chi connectivity index (χ0v) is 9.08. The first-order chi connectivity index (χ1) is 8.43. The largest absolute Gasteiger partial charge is 0.424 e. The van der Waals surface area contributed by atoms with Crippen LogP contribution in [0.25, 0.3) is 10.8 Å². The molecule has 2 aromatic carbocycles. The standard InChI is InChI=1S/C14H10N2O/c1-2-7-12-11(5-1)6-3-8-13(12)17-14-15-9-4-10-16-14/h1-10H. The summed E-state index contributed by atoms with van der Waals surface area (Å²) in [4.78, 5) is 8.09.